The maximum absolute atomic E-state index is 6.33. The van der Waals surface area contributed by atoms with Crippen LogP contribution < -0.4 is 4.57 Å². The molecule has 0 N–H and O–H groups in total. The molecule has 0 aliphatic heterocycles. The van der Waals surface area contributed by atoms with Crippen LogP contribution in [-0.2, 0) is 7.05 Å². The van der Waals surface area contributed by atoms with Gasteiger partial charge in [-0.2, -0.15) is 4.40 Å². The third-order valence-electron chi connectivity index (χ3n) is 5.55. The van der Waals surface area contributed by atoms with Crippen molar-refractivity contribution in [3.63, 3.8) is 0 Å². The number of pyridine rings is 1. The van der Waals surface area contributed by atoms with Gasteiger partial charge in [0, 0.05) is 21.5 Å². The largest absolute Gasteiger partial charge is 0.452 e. The molecule has 0 saturated carbocycles. The number of para-hydroxylation sites is 1. The van der Waals surface area contributed by atoms with Crippen molar-refractivity contribution in [1.82, 2.24) is 4.40 Å². The molecule has 3 heterocycles. The van der Waals surface area contributed by atoms with Crippen molar-refractivity contribution in [2.45, 2.75) is 6.92 Å². The van der Waals surface area contributed by atoms with Gasteiger partial charge in [-0.15, -0.1) is 0 Å². The topological polar surface area (TPSA) is 21.4 Å². The van der Waals surface area contributed by atoms with Crippen LogP contribution in [0.25, 0.3) is 49.3 Å². The lowest BCUT2D eigenvalue weighted by molar-refractivity contribution is -0.643. The molecule has 3 heteroatoms. The Morgan fingerprint density at radius 2 is 1.65 bits per heavy atom. The number of rotatable bonds is 0. The highest BCUT2D eigenvalue weighted by atomic mass is 16.3. The van der Waals surface area contributed by atoms with Crippen LogP contribution >= 0.6 is 0 Å². The quantitative estimate of drug-likeness (QED) is 0.273. The first-order valence-electron chi connectivity index (χ1n) is 8.86. The van der Waals surface area contributed by atoms with Crippen molar-refractivity contribution in [1.29, 1.82) is 0 Å². The Kier molecular flexibility index (Phi) is 2.48. The number of hydrogen-bond donors (Lipinski definition) is 0. The fraction of sp³-hybridized carbons (Fsp3) is 0.0870. The zero-order chi connectivity index (χ0) is 17.4. The zero-order valence-corrected chi connectivity index (χ0v) is 14.7. The van der Waals surface area contributed by atoms with E-state index in [2.05, 4.69) is 77.8 Å². The average Bonchev–Trinajstić information content (AvgIpc) is 3.22. The standard InChI is InChI=1S/C23H17N2O/c1-14-6-5-8-16-17-10-11-18-15-7-3-4-9-19(15)26-22(18)21(17)25-13-12-24(2)23(25)20(14)16/h3-13H,1-2H3/q+1. The molecule has 0 fully saturated rings. The lowest BCUT2D eigenvalue weighted by atomic mass is 10.0. The Labute approximate surface area is 149 Å². The molecule has 0 aliphatic rings. The van der Waals surface area contributed by atoms with E-state index in [0.717, 1.165) is 22.1 Å². The number of fused-ring (bicyclic) bond motifs is 10. The Hall–Kier alpha value is -3.33. The van der Waals surface area contributed by atoms with Gasteiger partial charge in [-0.25, -0.2) is 4.57 Å². The maximum Gasteiger partial charge on any atom is 0.294 e. The number of imidazole rings is 1. The van der Waals surface area contributed by atoms with E-state index in [-0.39, 0.29) is 0 Å². The zero-order valence-electron chi connectivity index (χ0n) is 14.7. The summed E-state index contributed by atoms with van der Waals surface area (Å²) in [5, 5.41) is 6.11. The van der Waals surface area contributed by atoms with Crippen LogP contribution in [-0.4, -0.2) is 4.40 Å². The Bertz CT molecular complexity index is 1500. The van der Waals surface area contributed by atoms with Gasteiger partial charge in [0.15, 0.2) is 11.1 Å². The van der Waals surface area contributed by atoms with Crippen LogP contribution in [0.4, 0.5) is 0 Å². The second kappa shape index (κ2) is 4.64. The molecule has 0 unspecified atom stereocenters. The fourth-order valence-corrected chi connectivity index (χ4v) is 4.38. The van der Waals surface area contributed by atoms with E-state index in [9.17, 15) is 0 Å². The molecule has 3 aromatic heterocycles. The first-order valence-corrected chi connectivity index (χ1v) is 8.86. The Balaban J connectivity index is 2.02. The van der Waals surface area contributed by atoms with Gasteiger partial charge in [-0.05, 0) is 30.7 Å². The summed E-state index contributed by atoms with van der Waals surface area (Å²) in [5.41, 5.74) is 5.50. The number of aryl methyl sites for hydroxylation is 2. The van der Waals surface area contributed by atoms with E-state index in [0.29, 0.717) is 0 Å². The van der Waals surface area contributed by atoms with Gasteiger partial charge >= 0.3 is 0 Å². The molecule has 0 amide bonds. The monoisotopic (exact) mass is 337 g/mol. The number of aromatic nitrogens is 2. The van der Waals surface area contributed by atoms with Gasteiger partial charge in [-0.3, -0.25) is 0 Å². The molecular formula is C23H17N2O+. The second-order valence-electron chi connectivity index (χ2n) is 7.04. The van der Waals surface area contributed by atoms with E-state index in [1.165, 1.54) is 32.8 Å². The lowest BCUT2D eigenvalue weighted by Gasteiger charge is -2.07. The number of nitrogens with zero attached hydrogens (tertiary/aromatic N) is 2. The van der Waals surface area contributed by atoms with Crippen LogP contribution in [0, 0.1) is 6.92 Å². The van der Waals surface area contributed by atoms with Gasteiger partial charge < -0.3 is 4.42 Å². The first kappa shape index (κ1) is 13.9. The normalized spacial score (nSPS) is 12.2. The van der Waals surface area contributed by atoms with Gasteiger partial charge in [0.25, 0.3) is 5.65 Å². The predicted molar refractivity (Wildman–Crippen MR) is 106 cm³/mol. The first-order chi connectivity index (χ1) is 12.7. The van der Waals surface area contributed by atoms with Crippen molar-refractivity contribution >= 4 is 49.3 Å². The summed E-state index contributed by atoms with van der Waals surface area (Å²) in [4.78, 5) is 0. The van der Waals surface area contributed by atoms with Gasteiger partial charge in [0.1, 0.15) is 18.0 Å². The molecule has 0 radical (unpaired) electrons. The van der Waals surface area contributed by atoms with Crippen molar-refractivity contribution in [2.75, 3.05) is 0 Å². The number of furan rings is 1. The minimum absolute atomic E-state index is 0.934. The van der Waals surface area contributed by atoms with Crippen molar-refractivity contribution in [3.05, 3.63) is 72.6 Å². The van der Waals surface area contributed by atoms with Gasteiger partial charge in [0.05, 0.1) is 12.4 Å². The van der Waals surface area contributed by atoms with E-state index >= 15 is 0 Å². The molecule has 0 saturated heterocycles. The van der Waals surface area contributed by atoms with Crippen LogP contribution in [0.15, 0.2) is 71.4 Å². The number of hydrogen-bond acceptors (Lipinski definition) is 1. The van der Waals surface area contributed by atoms with Crippen molar-refractivity contribution in [3.8, 4) is 0 Å². The SMILES string of the molecule is Cc1cccc2c3ccc4c5ccccc5oc4c3n3cc[n+](C)c3c12. The Morgan fingerprint density at radius 1 is 0.846 bits per heavy atom. The predicted octanol–water partition coefficient (Wildman–Crippen LogP) is 5.28. The summed E-state index contributed by atoms with van der Waals surface area (Å²) in [6, 6.07) is 19.2. The highest BCUT2D eigenvalue weighted by molar-refractivity contribution is 6.21. The van der Waals surface area contributed by atoms with Gasteiger partial charge in [0.2, 0.25) is 0 Å². The second-order valence-corrected chi connectivity index (χ2v) is 7.04. The Morgan fingerprint density at radius 3 is 2.58 bits per heavy atom. The lowest BCUT2D eigenvalue weighted by Crippen LogP contribution is -2.26. The molecule has 0 bridgehead atoms. The summed E-state index contributed by atoms with van der Waals surface area (Å²) in [6.45, 7) is 2.18. The van der Waals surface area contributed by atoms with Crippen molar-refractivity contribution < 1.29 is 8.98 Å². The summed E-state index contributed by atoms with van der Waals surface area (Å²) in [7, 11) is 2.10. The van der Waals surface area contributed by atoms with Crippen LogP contribution in [0.2, 0.25) is 0 Å². The fourth-order valence-electron chi connectivity index (χ4n) is 4.38. The van der Waals surface area contributed by atoms with E-state index < -0.39 is 0 Å². The number of benzene rings is 3. The maximum atomic E-state index is 6.33. The molecule has 0 atom stereocenters. The minimum atomic E-state index is 0.934. The molecule has 6 rings (SSSR count). The summed E-state index contributed by atoms with van der Waals surface area (Å²) in [6.07, 6.45) is 4.25. The minimum Gasteiger partial charge on any atom is -0.452 e. The van der Waals surface area contributed by atoms with Crippen LogP contribution in [0.1, 0.15) is 5.56 Å². The molecule has 26 heavy (non-hydrogen) atoms. The molecule has 124 valence electrons. The molecule has 0 aliphatic carbocycles. The van der Waals surface area contributed by atoms with E-state index in [1.807, 2.05) is 12.1 Å². The average molecular weight is 337 g/mol. The van der Waals surface area contributed by atoms with Crippen molar-refractivity contribution in [2.24, 2.45) is 7.05 Å². The third-order valence-corrected chi connectivity index (χ3v) is 5.55. The molecule has 6 aromatic rings. The third kappa shape index (κ3) is 1.56. The summed E-state index contributed by atoms with van der Waals surface area (Å²) < 4.78 is 10.8. The van der Waals surface area contributed by atoms with Crippen LogP contribution in [0.3, 0.4) is 0 Å². The van der Waals surface area contributed by atoms with Crippen LogP contribution in [0.5, 0.6) is 0 Å². The molecule has 3 aromatic carbocycles. The highest BCUT2D eigenvalue weighted by Crippen LogP contribution is 2.38. The van der Waals surface area contributed by atoms with Gasteiger partial charge in [-0.1, -0.05) is 36.4 Å². The highest BCUT2D eigenvalue weighted by Gasteiger charge is 2.22. The molecule has 0 spiro atoms. The summed E-state index contributed by atoms with van der Waals surface area (Å²) >= 11 is 0. The van der Waals surface area contributed by atoms with E-state index in [4.69, 9.17) is 4.42 Å². The molecular weight excluding hydrogens is 320 g/mol. The summed E-state index contributed by atoms with van der Waals surface area (Å²) in [5.74, 6) is 0. The molecule has 3 nitrogen and oxygen atoms in total. The van der Waals surface area contributed by atoms with E-state index in [1.54, 1.807) is 0 Å². The smallest absolute Gasteiger partial charge is 0.294 e.